The van der Waals surface area contributed by atoms with Gasteiger partial charge in [0.05, 0.1) is 11.0 Å². The van der Waals surface area contributed by atoms with Crippen LogP contribution in [0.4, 0.5) is 13.2 Å². The summed E-state index contributed by atoms with van der Waals surface area (Å²) < 4.78 is 40.5. The number of imidazole rings is 1. The summed E-state index contributed by atoms with van der Waals surface area (Å²) in [5.41, 5.74) is 6.12. The van der Waals surface area contributed by atoms with Gasteiger partial charge < -0.3 is 15.6 Å². The normalized spacial score (nSPS) is 12.1. The van der Waals surface area contributed by atoms with Gasteiger partial charge in [0.2, 0.25) is 5.82 Å². The fourth-order valence-corrected chi connectivity index (χ4v) is 2.37. The lowest BCUT2D eigenvalue weighted by Gasteiger charge is -2.14. The van der Waals surface area contributed by atoms with E-state index in [2.05, 4.69) is 10.3 Å². The minimum Gasteiger partial charge on any atom is -0.352 e. The zero-order chi connectivity index (χ0) is 17.2. The van der Waals surface area contributed by atoms with Crippen molar-refractivity contribution in [3.63, 3.8) is 0 Å². The number of aromatic nitrogens is 2. The second-order valence-electron chi connectivity index (χ2n) is 5.50. The largest absolute Gasteiger partial charge is 0.449 e. The first-order valence-corrected chi connectivity index (χ1v) is 7.33. The van der Waals surface area contributed by atoms with Crippen LogP contribution in [0.1, 0.15) is 42.5 Å². The maximum Gasteiger partial charge on any atom is 0.449 e. The molecule has 2 aromatic rings. The van der Waals surface area contributed by atoms with Gasteiger partial charge in [-0.3, -0.25) is 4.79 Å². The van der Waals surface area contributed by atoms with E-state index in [9.17, 15) is 18.0 Å². The predicted molar refractivity (Wildman–Crippen MR) is 81.1 cm³/mol. The first-order valence-electron chi connectivity index (χ1n) is 7.33. The molecule has 1 aromatic heterocycles. The summed E-state index contributed by atoms with van der Waals surface area (Å²) in [4.78, 5) is 15.7. The molecule has 0 bridgehead atoms. The number of nitrogens with two attached hydrogens (primary N) is 1. The van der Waals surface area contributed by atoms with Crippen molar-refractivity contribution in [1.29, 1.82) is 0 Å². The average Bonchev–Trinajstić information content (AvgIpc) is 2.86. The van der Waals surface area contributed by atoms with E-state index in [4.69, 9.17) is 5.73 Å². The van der Waals surface area contributed by atoms with Crippen LogP contribution in [-0.4, -0.2) is 28.5 Å². The van der Waals surface area contributed by atoms with Gasteiger partial charge in [-0.2, -0.15) is 13.2 Å². The van der Waals surface area contributed by atoms with Crippen molar-refractivity contribution in [2.24, 2.45) is 5.73 Å². The van der Waals surface area contributed by atoms with E-state index in [0.29, 0.717) is 25.0 Å². The molecule has 0 aliphatic rings. The van der Waals surface area contributed by atoms with Crippen LogP contribution in [0.15, 0.2) is 18.2 Å². The van der Waals surface area contributed by atoms with Gasteiger partial charge in [0, 0.05) is 18.2 Å². The van der Waals surface area contributed by atoms with Gasteiger partial charge in [-0.1, -0.05) is 0 Å². The average molecular weight is 328 g/mol. The number of amides is 1. The number of carbonyl (C=O) groups is 1. The zero-order valence-electron chi connectivity index (χ0n) is 12.9. The molecule has 0 saturated carbocycles. The second-order valence-corrected chi connectivity index (χ2v) is 5.50. The van der Waals surface area contributed by atoms with E-state index in [-0.39, 0.29) is 17.0 Å². The first kappa shape index (κ1) is 17.3. The SMILES string of the molecule is CC(C)n1c(C(F)(F)F)nc2cc(C(=O)NCCCN)ccc21. The molecule has 0 unspecified atom stereocenters. The third-order valence-electron chi connectivity index (χ3n) is 3.39. The van der Waals surface area contributed by atoms with E-state index >= 15 is 0 Å². The van der Waals surface area contributed by atoms with Crippen LogP contribution in [0.2, 0.25) is 0 Å². The van der Waals surface area contributed by atoms with Gasteiger partial charge in [-0.15, -0.1) is 0 Å². The number of carbonyl (C=O) groups excluding carboxylic acids is 1. The van der Waals surface area contributed by atoms with E-state index in [1.807, 2.05) is 0 Å². The summed E-state index contributed by atoms with van der Waals surface area (Å²) >= 11 is 0. The van der Waals surface area contributed by atoms with Crippen molar-refractivity contribution in [2.45, 2.75) is 32.5 Å². The minimum atomic E-state index is -4.55. The van der Waals surface area contributed by atoms with Crippen molar-refractivity contribution in [1.82, 2.24) is 14.9 Å². The third-order valence-corrected chi connectivity index (χ3v) is 3.39. The molecule has 0 atom stereocenters. The molecule has 0 aliphatic heterocycles. The number of fused-ring (bicyclic) bond motifs is 1. The molecule has 5 nitrogen and oxygen atoms in total. The number of hydrogen-bond donors (Lipinski definition) is 2. The van der Waals surface area contributed by atoms with Crippen LogP contribution >= 0.6 is 0 Å². The van der Waals surface area contributed by atoms with Crippen LogP contribution < -0.4 is 11.1 Å². The highest BCUT2D eigenvalue weighted by atomic mass is 19.4. The minimum absolute atomic E-state index is 0.150. The highest BCUT2D eigenvalue weighted by molar-refractivity contribution is 5.97. The van der Waals surface area contributed by atoms with Crippen LogP contribution in [0.3, 0.4) is 0 Å². The van der Waals surface area contributed by atoms with E-state index < -0.39 is 18.0 Å². The van der Waals surface area contributed by atoms with Crippen LogP contribution in [0.5, 0.6) is 0 Å². The molecule has 3 N–H and O–H groups in total. The smallest absolute Gasteiger partial charge is 0.352 e. The Morgan fingerprint density at radius 1 is 1.39 bits per heavy atom. The summed E-state index contributed by atoms with van der Waals surface area (Å²) in [6, 6.07) is 3.97. The number of alkyl halides is 3. The first-order chi connectivity index (χ1) is 10.8. The lowest BCUT2D eigenvalue weighted by atomic mass is 10.2. The Bertz CT molecular complexity index is 707. The Morgan fingerprint density at radius 3 is 2.65 bits per heavy atom. The highest BCUT2D eigenvalue weighted by Gasteiger charge is 2.38. The van der Waals surface area contributed by atoms with E-state index in [0.717, 1.165) is 4.57 Å². The van der Waals surface area contributed by atoms with Crippen LogP contribution in [0.25, 0.3) is 11.0 Å². The predicted octanol–water partition coefficient (Wildman–Crippen LogP) is 2.71. The maximum absolute atomic E-state index is 13.1. The molecule has 0 spiro atoms. The molecule has 126 valence electrons. The molecule has 23 heavy (non-hydrogen) atoms. The molecule has 0 aliphatic carbocycles. The van der Waals surface area contributed by atoms with Gasteiger partial charge in [0.25, 0.3) is 5.91 Å². The number of nitrogens with zero attached hydrogens (tertiary/aromatic N) is 2. The second kappa shape index (κ2) is 6.57. The van der Waals surface area contributed by atoms with Crippen molar-refractivity contribution < 1.29 is 18.0 Å². The highest BCUT2D eigenvalue weighted by Crippen LogP contribution is 2.33. The van der Waals surface area contributed by atoms with Crippen LogP contribution in [-0.2, 0) is 6.18 Å². The van der Waals surface area contributed by atoms with Gasteiger partial charge >= 0.3 is 6.18 Å². The summed E-state index contributed by atoms with van der Waals surface area (Å²) in [6.45, 7) is 4.18. The van der Waals surface area contributed by atoms with Crippen molar-refractivity contribution >= 4 is 16.9 Å². The fourth-order valence-electron chi connectivity index (χ4n) is 2.37. The third kappa shape index (κ3) is 3.64. The van der Waals surface area contributed by atoms with Crippen molar-refractivity contribution in [2.75, 3.05) is 13.1 Å². The number of benzene rings is 1. The van der Waals surface area contributed by atoms with Gasteiger partial charge in [-0.05, 0) is 45.0 Å². The molecule has 1 heterocycles. The number of hydrogen-bond acceptors (Lipinski definition) is 3. The summed E-state index contributed by atoms with van der Waals surface area (Å²) in [6.07, 6.45) is -3.92. The Kier molecular flexibility index (Phi) is 4.93. The monoisotopic (exact) mass is 328 g/mol. The number of rotatable bonds is 5. The summed E-state index contributed by atoms with van der Waals surface area (Å²) in [5.74, 6) is -1.31. The molecule has 1 amide bonds. The lowest BCUT2D eigenvalue weighted by molar-refractivity contribution is -0.147. The van der Waals surface area contributed by atoms with Gasteiger partial charge in [0.15, 0.2) is 0 Å². The molecular formula is C15H19F3N4O. The molecule has 0 saturated heterocycles. The fraction of sp³-hybridized carbons (Fsp3) is 0.467. The molecule has 1 aromatic carbocycles. The van der Waals surface area contributed by atoms with Crippen LogP contribution in [0, 0.1) is 0 Å². The topological polar surface area (TPSA) is 72.9 Å². The molecule has 8 heteroatoms. The Labute approximate surface area is 131 Å². The van der Waals surface area contributed by atoms with Crippen molar-refractivity contribution in [3.05, 3.63) is 29.6 Å². The quantitative estimate of drug-likeness (QED) is 0.829. The summed E-state index contributed by atoms with van der Waals surface area (Å²) in [5, 5.41) is 2.66. The van der Waals surface area contributed by atoms with Gasteiger partial charge in [-0.25, -0.2) is 4.98 Å². The van der Waals surface area contributed by atoms with Gasteiger partial charge in [0.1, 0.15) is 0 Å². The molecule has 0 fully saturated rings. The number of nitrogens with one attached hydrogen (secondary N) is 1. The van der Waals surface area contributed by atoms with E-state index in [1.54, 1.807) is 13.8 Å². The standard InChI is InChI=1S/C15H19F3N4O/c1-9(2)22-12-5-4-10(13(23)20-7-3-6-19)8-11(12)21-14(22)15(16,17)18/h4-5,8-9H,3,6-7,19H2,1-2H3,(H,20,23). The zero-order valence-corrected chi connectivity index (χ0v) is 12.9. The molecular weight excluding hydrogens is 309 g/mol. The summed E-state index contributed by atoms with van der Waals surface area (Å²) in [7, 11) is 0. The molecule has 2 rings (SSSR count). The maximum atomic E-state index is 13.1. The Hall–Kier alpha value is -2.09. The Morgan fingerprint density at radius 2 is 2.09 bits per heavy atom. The molecule has 0 radical (unpaired) electrons. The Balaban J connectivity index is 2.43. The lowest BCUT2D eigenvalue weighted by Crippen LogP contribution is -2.25. The number of halogens is 3. The van der Waals surface area contributed by atoms with E-state index in [1.165, 1.54) is 18.2 Å². The van der Waals surface area contributed by atoms with Crippen molar-refractivity contribution in [3.8, 4) is 0 Å².